The molecule has 0 saturated carbocycles. The highest BCUT2D eigenvalue weighted by Crippen LogP contribution is 2.42. The minimum atomic E-state index is -2.44. The number of phenols is 2. The monoisotopic (exact) mass is 1930 g/mol. The predicted molar refractivity (Wildman–Crippen MR) is 529 cm³/mol. The lowest BCUT2D eigenvalue weighted by Gasteiger charge is -2.30. The van der Waals surface area contributed by atoms with Gasteiger partial charge < -0.3 is 55.4 Å². The van der Waals surface area contributed by atoms with Gasteiger partial charge in [0, 0.05) is 52.0 Å². The summed E-state index contributed by atoms with van der Waals surface area (Å²) in [6.07, 6.45) is 4.03. The summed E-state index contributed by atoms with van der Waals surface area (Å²) in [5.41, 5.74) is 16.2. The van der Waals surface area contributed by atoms with Crippen LogP contribution in [0.2, 0.25) is 30.1 Å². The number of primary amides is 1. The molecule has 0 bridgehead atoms. The summed E-state index contributed by atoms with van der Waals surface area (Å²) in [4.78, 5) is 113. The molecule has 1 saturated heterocycles. The summed E-state index contributed by atoms with van der Waals surface area (Å²) in [5.74, 6) is -2.75. The first kappa shape index (κ1) is 120. The molecule has 11 rings (SSSR count). The molecule has 1 heterocycles. The number of carboxylic acid groups (broad SMARTS) is 1. The molecule has 1 aliphatic heterocycles. The molecule has 0 radical (unpaired) electrons. The average molecular weight is 1940 g/mol. The first-order valence-electron chi connectivity index (χ1n) is 40.0. The first-order chi connectivity index (χ1) is 59.8. The van der Waals surface area contributed by atoms with Crippen LogP contribution in [0.3, 0.4) is 0 Å². The molecule has 708 valence electrons. The van der Waals surface area contributed by atoms with E-state index in [-0.39, 0.29) is 159 Å². The number of aromatic carboxylic acids is 1. The Kier molecular flexibility index (Phi) is 53.9. The van der Waals surface area contributed by atoms with Crippen LogP contribution in [0.25, 0.3) is 0 Å². The van der Waals surface area contributed by atoms with E-state index >= 15 is 0 Å². The van der Waals surface area contributed by atoms with Crippen molar-refractivity contribution in [2.75, 3.05) is 17.2 Å². The zero-order valence-electron chi connectivity index (χ0n) is 73.4. The maximum Gasteiger partial charge on any atom is 0.338 e. The van der Waals surface area contributed by atoms with Gasteiger partial charge in [-0.1, -0.05) is 279 Å². The van der Waals surface area contributed by atoms with Crippen molar-refractivity contribution in [3.63, 3.8) is 0 Å². The highest BCUT2D eigenvalue weighted by Gasteiger charge is 2.35. The van der Waals surface area contributed by atoms with E-state index < -0.39 is 35.1 Å². The fourth-order valence-corrected chi connectivity index (χ4v) is 14.0. The lowest BCUT2D eigenvalue weighted by Crippen LogP contribution is -2.33. The van der Waals surface area contributed by atoms with Gasteiger partial charge in [0.15, 0.2) is 34.9 Å². The van der Waals surface area contributed by atoms with Crippen molar-refractivity contribution in [3.8, 4) is 23.0 Å². The molecule has 0 aromatic heterocycles. The van der Waals surface area contributed by atoms with Crippen molar-refractivity contribution in [2.45, 2.75) is 208 Å². The van der Waals surface area contributed by atoms with Crippen molar-refractivity contribution >= 4 is 151 Å². The number of hydrogen-bond acceptors (Lipinski definition) is 17. The molecule has 30 heteroatoms. The molecule has 4 unspecified atom stereocenters. The summed E-state index contributed by atoms with van der Waals surface area (Å²) >= 11 is 33.1. The highest BCUT2D eigenvalue weighted by molar-refractivity contribution is 7.79. The lowest BCUT2D eigenvalue weighted by molar-refractivity contribution is -0.132. The van der Waals surface area contributed by atoms with Crippen molar-refractivity contribution in [2.24, 2.45) is 5.73 Å². The third-order valence-corrected chi connectivity index (χ3v) is 22.1. The molecule has 1 fully saturated rings. The number of esters is 2. The minimum Gasteiger partial charge on any atom is -0.768 e. The lowest BCUT2D eigenvalue weighted by atomic mass is 9.74. The van der Waals surface area contributed by atoms with Crippen LogP contribution in [0, 0.1) is 41.5 Å². The van der Waals surface area contributed by atoms with Crippen molar-refractivity contribution in [1.29, 1.82) is 0 Å². The van der Waals surface area contributed by atoms with Gasteiger partial charge in [-0.15, -0.1) is 0 Å². The SMILES string of the molecule is C.C.C.C.CC(=O)Nc1cc(Cl)c(C)c(Cl)c1O.CC(=O)c1cc(C(C)=O)cc(S(=O)[O-])c1.CC1C(=O)NC(=O)N1Cc1ccccc1.CCC(CC(C)(C)c1ccccc1)c1ccccc1.CCCCC(Oc1ccc(C)cc1C)C(=O)Nc1cc(Cl)c(C)c(Cl)c1O.CCOC(=O)c1cc(Cl)c(OC(C)=O)c(Cl)c1.Cc1ccccc1C(=O)O.Cc1ccccc1C(N)=O. The summed E-state index contributed by atoms with van der Waals surface area (Å²) in [6, 6.07) is 60.2. The van der Waals surface area contributed by atoms with Crippen LogP contribution in [-0.2, 0) is 47.0 Å². The van der Waals surface area contributed by atoms with Crippen molar-refractivity contribution in [1.82, 2.24) is 10.2 Å². The minimum absolute atomic E-state index is 0. The number of aromatic hydroxyl groups is 2. The molecule has 0 spiro atoms. The molecule has 1 aliphatic rings. The Hall–Kier alpha value is -11.5. The van der Waals surface area contributed by atoms with Gasteiger partial charge in [-0.05, 0) is 223 Å². The summed E-state index contributed by atoms with van der Waals surface area (Å²) in [7, 11) is 0. The van der Waals surface area contributed by atoms with Crippen LogP contribution in [0.1, 0.15) is 239 Å². The number of unbranched alkanes of at least 4 members (excludes halogenated alkanes) is 1. The summed E-state index contributed by atoms with van der Waals surface area (Å²) in [6.45, 7) is 29.4. The number of Topliss-reactive ketones (excluding diaryl/α,β-unsaturated/α-hetero) is 2. The van der Waals surface area contributed by atoms with E-state index in [0.29, 0.717) is 56.9 Å². The molecule has 23 nitrogen and oxygen atoms in total. The molecular weight excluding hydrogens is 1820 g/mol. The molecule has 8 N–H and O–H groups in total. The van der Waals surface area contributed by atoms with Gasteiger partial charge in [0.25, 0.3) is 11.8 Å². The van der Waals surface area contributed by atoms with Gasteiger partial charge in [-0.3, -0.25) is 43.1 Å². The summed E-state index contributed by atoms with van der Waals surface area (Å²) < 4.78 is 37.1. The molecule has 10 aromatic carbocycles. The number of carbonyl (C=O) groups excluding carboxylic acids is 9. The third kappa shape index (κ3) is 38.9. The third-order valence-electron chi connectivity index (χ3n) is 19.2. The quantitative estimate of drug-likeness (QED) is 0.00781. The van der Waals surface area contributed by atoms with Gasteiger partial charge in [0.1, 0.15) is 11.8 Å². The normalized spacial score (nSPS) is 11.9. The van der Waals surface area contributed by atoms with E-state index in [0.717, 1.165) is 40.7 Å². The zero-order valence-corrected chi connectivity index (χ0v) is 78.8. The van der Waals surface area contributed by atoms with Crippen LogP contribution >= 0.6 is 69.6 Å². The average Bonchev–Trinajstić information content (AvgIpc) is 1.42. The number of carbonyl (C=O) groups is 10. The van der Waals surface area contributed by atoms with E-state index in [1.807, 2.05) is 87.5 Å². The van der Waals surface area contributed by atoms with E-state index in [9.17, 15) is 66.9 Å². The number of carboxylic acids is 1. The molecule has 4 atom stereocenters. The van der Waals surface area contributed by atoms with Gasteiger partial charge in [-0.25, -0.2) is 14.4 Å². The van der Waals surface area contributed by atoms with Crippen LogP contribution < -0.4 is 31.2 Å². The molecule has 6 amide bonds. The number of ether oxygens (including phenoxy) is 3. The Morgan fingerprint density at radius 3 is 1.45 bits per heavy atom. The second kappa shape index (κ2) is 59.1. The number of imide groups is 1. The second-order valence-electron chi connectivity index (χ2n) is 29.6. The standard InChI is InChI=1S/C21H25Cl2NO3.C19H24.C11H10Cl2O4.C11H12N2O2.C10H10O4S.C9H9Cl2NO2.C8H9NO.C8H8O2.4CH4/c1-5-6-7-18(27-17-9-8-12(2)10-13(17)3)21(26)24-16-11-15(22)14(4)19(23)20(16)25;1-4-16(17-11-7-5-8-12-17)15-19(2,3)18-13-9-6-10-14-18;1-3-16-11(15)7-4-8(12)10(9(13)5-7)17-6(2)14;1-8-10(14)12-11(15)13(8)7-9-5-3-2-4-6-9;1-6(11)8-3-9(7(2)12)5-10(4-8)15(13)14;1-4-6(10)3-7(12-5(2)13)9(14)8(4)11;2*1-6-4-2-3-5-7(6)8(9)10;;;;/h8-11,18,25H,5-7H2,1-4H3,(H,24,26);5-14,16H,4,15H2,1-3H3;4-5H,3H2,1-2H3;2-6,8H,7H2,1H3,(H,12,14,15);3-5H,1-2H3,(H,13,14);3,14H,1-2H3,(H,12,13);2-5H,1H3,(H2,9,10);2-5H,1H3,(H,9,10);4*1H4/p-1. The number of benzene rings is 10. The number of hydrogen-bond donors (Lipinski definition) is 7. The van der Waals surface area contributed by atoms with Gasteiger partial charge in [0.05, 0.1) is 49.2 Å². The van der Waals surface area contributed by atoms with Crippen LogP contribution in [0.5, 0.6) is 23.0 Å². The van der Waals surface area contributed by atoms with E-state index in [4.69, 9.17) is 94.7 Å². The Morgan fingerprint density at radius 2 is 1.05 bits per heavy atom. The van der Waals surface area contributed by atoms with Crippen LogP contribution in [-0.4, -0.2) is 107 Å². The predicted octanol–water partition coefficient (Wildman–Crippen LogP) is 25.6. The van der Waals surface area contributed by atoms with Crippen LogP contribution in [0.15, 0.2) is 205 Å². The van der Waals surface area contributed by atoms with Crippen molar-refractivity contribution in [3.05, 3.63) is 308 Å². The zero-order chi connectivity index (χ0) is 95.3. The number of nitrogens with two attached hydrogens (primary N) is 1. The van der Waals surface area contributed by atoms with Crippen LogP contribution in [0.4, 0.5) is 16.2 Å². The van der Waals surface area contributed by atoms with Crippen molar-refractivity contribution < 1.29 is 86.2 Å². The number of urea groups is 1. The number of phenolic OH excluding ortho intramolecular Hbond substituents is 2. The molecule has 10 aromatic rings. The Bertz CT molecular complexity index is 5350. The number of nitrogens with one attached hydrogen (secondary N) is 3. The number of amides is 6. The van der Waals surface area contributed by atoms with Gasteiger partial charge in [0.2, 0.25) is 11.8 Å². The smallest absolute Gasteiger partial charge is 0.338 e. The van der Waals surface area contributed by atoms with E-state index in [1.54, 1.807) is 65.0 Å². The second-order valence-corrected chi connectivity index (χ2v) is 32.9. The fraction of sp³-hybridized carbons (Fsp3) is 0.307. The largest absolute Gasteiger partial charge is 0.768 e. The number of halogens is 6. The first-order valence-corrected chi connectivity index (χ1v) is 43.3. The molecular formula is C101H122Cl6N5O18S-. The number of aryl methyl sites for hydroxylation is 4. The number of nitrogens with zero attached hydrogens (tertiary/aromatic N) is 1. The Labute approximate surface area is 803 Å². The number of ketones is 2. The maximum absolute atomic E-state index is 12.8. The number of anilines is 2. The fourth-order valence-electron chi connectivity index (χ4n) is 12.1. The maximum atomic E-state index is 12.8. The van der Waals surface area contributed by atoms with Gasteiger partial charge in [-0.2, -0.15) is 0 Å². The number of rotatable bonds is 23. The Morgan fingerprint density at radius 1 is 0.588 bits per heavy atom. The topological polar surface area (TPSA) is 365 Å². The van der Waals surface area contributed by atoms with E-state index in [2.05, 4.69) is 104 Å². The molecule has 131 heavy (non-hydrogen) atoms. The highest BCUT2D eigenvalue weighted by atomic mass is 35.5. The molecule has 0 aliphatic carbocycles. The Balaban J connectivity index is 0.00000149. The van der Waals surface area contributed by atoms with E-state index in [1.165, 1.54) is 99.0 Å². The summed E-state index contributed by atoms with van der Waals surface area (Å²) in [5, 5.41) is 36.9. The van der Waals surface area contributed by atoms with Gasteiger partial charge >= 0.3 is 23.9 Å².